The number of carbonyl (C=O) groups is 1. The Morgan fingerprint density at radius 2 is 2.21 bits per heavy atom. The number of likely N-dealkylation sites (tertiary alicyclic amines) is 1. The third-order valence-corrected chi connectivity index (χ3v) is 3.95. The lowest BCUT2D eigenvalue weighted by molar-refractivity contribution is -0.124. The Bertz CT molecular complexity index is 269. The average molecular weight is 270 g/mol. The van der Waals surface area contributed by atoms with Gasteiger partial charge < -0.3 is 15.3 Å². The van der Waals surface area contributed by atoms with Crippen LogP contribution in [0.25, 0.3) is 0 Å². The van der Waals surface area contributed by atoms with Crippen LogP contribution < -0.4 is 5.32 Å². The van der Waals surface area contributed by atoms with Crippen LogP contribution in [0.4, 0.5) is 0 Å². The van der Waals surface area contributed by atoms with Gasteiger partial charge in [-0.15, -0.1) is 0 Å². The van der Waals surface area contributed by atoms with E-state index in [0.717, 1.165) is 38.9 Å². The molecule has 112 valence electrons. The molecule has 0 aromatic rings. The number of amides is 1. The Morgan fingerprint density at radius 1 is 1.47 bits per heavy atom. The first-order chi connectivity index (χ1) is 9.06. The van der Waals surface area contributed by atoms with Crippen LogP contribution >= 0.6 is 0 Å². The van der Waals surface area contributed by atoms with Gasteiger partial charge in [0.2, 0.25) is 5.91 Å². The zero-order chi connectivity index (χ0) is 14.3. The number of nitrogens with zero attached hydrogens (tertiary/aromatic N) is 1. The van der Waals surface area contributed by atoms with Crippen LogP contribution in [0.2, 0.25) is 0 Å². The molecule has 0 radical (unpaired) electrons. The van der Waals surface area contributed by atoms with Crippen LogP contribution in [-0.2, 0) is 4.79 Å². The zero-order valence-electron chi connectivity index (χ0n) is 12.7. The highest BCUT2D eigenvalue weighted by Crippen LogP contribution is 2.17. The first-order valence-corrected chi connectivity index (χ1v) is 7.67. The van der Waals surface area contributed by atoms with Gasteiger partial charge in [-0.3, -0.25) is 4.79 Å². The minimum absolute atomic E-state index is 0.158. The molecule has 0 aliphatic carbocycles. The van der Waals surface area contributed by atoms with Gasteiger partial charge in [-0.2, -0.15) is 0 Å². The summed E-state index contributed by atoms with van der Waals surface area (Å²) in [6.07, 6.45) is 2.77. The Labute approximate surface area is 117 Å². The molecule has 0 spiro atoms. The Hall–Kier alpha value is -0.610. The lowest BCUT2D eigenvalue weighted by Gasteiger charge is -2.19. The number of aliphatic hydroxyl groups excluding tert-OH is 1. The molecular weight excluding hydrogens is 240 g/mol. The van der Waals surface area contributed by atoms with Gasteiger partial charge in [-0.25, -0.2) is 0 Å². The molecule has 0 saturated carbocycles. The standard InChI is InChI=1S/C15H30N2O2/c1-4-13(6-8-18)9-16-15(19)14-5-7-17(11-14)10-12(2)3/h12-14,18H,4-11H2,1-3H3,(H,16,19). The van der Waals surface area contributed by atoms with E-state index < -0.39 is 0 Å². The number of hydrogen-bond acceptors (Lipinski definition) is 3. The summed E-state index contributed by atoms with van der Waals surface area (Å²) in [4.78, 5) is 14.5. The zero-order valence-corrected chi connectivity index (χ0v) is 12.7. The van der Waals surface area contributed by atoms with E-state index >= 15 is 0 Å². The van der Waals surface area contributed by atoms with Crippen molar-refractivity contribution in [2.24, 2.45) is 17.8 Å². The average Bonchev–Trinajstić information content (AvgIpc) is 2.81. The first-order valence-electron chi connectivity index (χ1n) is 7.67. The third-order valence-electron chi connectivity index (χ3n) is 3.95. The number of nitrogens with one attached hydrogen (secondary N) is 1. The summed E-state index contributed by atoms with van der Waals surface area (Å²) >= 11 is 0. The molecule has 19 heavy (non-hydrogen) atoms. The minimum Gasteiger partial charge on any atom is -0.396 e. The molecule has 1 rings (SSSR count). The predicted molar refractivity (Wildman–Crippen MR) is 77.9 cm³/mol. The van der Waals surface area contributed by atoms with Gasteiger partial charge in [0.15, 0.2) is 0 Å². The largest absolute Gasteiger partial charge is 0.396 e. The molecule has 1 amide bonds. The topological polar surface area (TPSA) is 52.6 Å². The van der Waals surface area contributed by atoms with Crippen molar-refractivity contribution in [3.63, 3.8) is 0 Å². The number of rotatable bonds is 8. The maximum Gasteiger partial charge on any atom is 0.224 e. The summed E-state index contributed by atoms with van der Waals surface area (Å²) in [6.45, 7) is 10.5. The van der Waals surface area contributed by atoms with E-state index in [-0.39, 0.29) is 18.4 Å². The van der Waals surface area contributed by atoms with Crippen molar-refractivity contribution in [3.05, 3.63) is 0 Å². The SMILES string of the molecule is CCC(CCO)CNC(=O)C1CCN(CC(C)C)C1. The highest BCUT2D eigenvalue weighted by Gasteiger charge is 2.28. The van der Waals surface area contributed by atoms with E-state index in [1.165, 1.54) is 0 Å². The second-order valence-corrected chi connectivity index (χ2v) is 6.17. The summed E-state index contributed by atoms with van der Waals surface area (Å²) in [5, 5.41) is 12.0. The lowest BCUT2D eigenvalue weighted by Crippen LogP contribution is -2.36. The maximum atomic E-state index is 12.1. The van der Waals surface area contributed by atoms with E-state index in [2.05, 4.69) is 31.0 Å². The molecule has 0 aromatic heterocycles. The molecule has 2 atom stereocenters. The molecule has 2 unspecified atom stereocenters. The van der Waals surface area contributed by atoms with Crippen LogP contribution in [0.3, 0.4) is 0 Å². The normalized spacial score (nSPS) is 21.8. The second kappa shape index (κ2) is 8.54. The molecule has 1 heterocycles. The van der Waals surface area contributed by atoms with E-state index in [9.17, 15) is 4.79 Å². The van der Waals surface area contributed by atoms with Crippen LogP contribution in [0.1, 0.15) is 40.0 Å². The molecule has 1 aliphatic rings. The summed E-state index contributed by atoms with van der Waals surface area (Å²) < 4.78 is 0. The fourth-order valence-electron chi connectivity index (χ4n) is 2.75. The van der Waals surface area contributed by atoms with Gasteiger partial charge in [0.1, 0.15) is 0 Å². The summed E-state index contributed by atoms with van der Waals surface area (Å²) in [5.74, 6) is 1.42. The van der Waals surface area contributed by atoms with Crippen LogP contribution in [0.5, 0.6) is 0 Å². The molecule has 0 bridgehead atoms. The van der Waals surface area contributed by atoms with Crippen molar-refractivity contribution in [1.29, 1.82) is 0 Å². The van der Waals surface area contributed by atoms with Crippen LogP contribution in [0.15, 0.2) is 0 Å². The summed E-state index contributed by atoms with van der Waals surface area (Å²) in [6, 6.07) is 0. The van der Waals surface area contributed by atoms with Crippen molar-refractivity contribution in [3.8, 4) is 0 Å². The second-order valence-electron chi connectivity index (χ2n) is 6.17. The predicted octanol–water partition coefficient (Wildman–Crippen LogP) is 1.49. The molecule has 4 heteroatoms. The quantitative estimate of drug-likeness (QED) is 0.702. The van der Waals surface area contributed by atoms with Crippen molar-refractivity contribution in [2.75, 3.05) is 32.8 Å². The van der Waals surface area contributed by atoms with Crippen LogP contribution in [-0.4, -0.2) is 48.7 Å². The van der Waals surface area contributed by atoms with Gasteiger partial charge >= 0.3 is 0 Å². The van der Waals surface area contributed by atoms with Crippen molar-refractivity contribution in [2.45, 2.75) is 40.0 Å². The van der Waals surface area contributed by atoms with Crippen LogP contribution in [0, 0.1) is 17.8 Å². The Balaban J connectivity index is 2.27. The highest BCUT2D eigenvalue weighted by molar-refractivity contribution is 5.79. The Kier molecular flexibility index (Phi) is 7.39. The number of aliphatic hydroxyl groups is 1. The number of hydrogen-bond donors (Lipinski definition) is 2. The molecule has 4 nitrogen and oxygen atoms in total. The smallest absolute Gasteiger partial charge is 0.224 e. The monoisotopic (exact) mass is 270 g/mol. The van der Waals surface area contributed by atoms with E-state index in [0.29, 0.717) is 18.4 Å². The first kappa shape index (κ1) is 16.4. The van der Waals surface area contributed by atoms with E-state index in [4.69, 9.17) is 5.11 Å². The fraction of sp³-hybridized carbons (Fsp3) is 0.933. The van der Waals surface area contributed by atoms with Crippen molar-refractivity contribution >= 4 is 5.91 Å². The Morgan fingerprint density at radius 3 is 2.79 bits per heavy atom. The van der Waals surface area contributed by atoms with E-state index in [1.54, 1.807) is 0 Å². The van der Waals surface area contributed by atoms with E-state index in [1.807, 2.05) is 0 Å². The summed E-state index contributed by atoms with van der Waals surface area (Å²) in [5.41, 5.74) is 0. The lowest BCUT2D eigenvalue weighted by atomic mass is 10.0. The highest BCUT2D eigenvalue weighted by atomic mass is 16.3. The van der Waals surface area contributed by atoms with Gasteiger partial charge in [-0.1, -0.05) is 27.2 Å². The fourth-order valence-corrected chi connectivity index (χ4v) is 2.75. The molecule has 1 fully saturated rings. The molecule has 0 aromatic carbocycles. The van der Waals surface area contributed by atoms with Gasteiger partial charge in [0, 0.05) is 26.2 Å². The third kappa shape index (κ3) is 5.91. The summed E-state index contributed by atoms with van der Waals surface area (Å²) in [7, 11) is 0. The molecule has 1 saturated heterocycles. The molecular formula is C15H30N2O2. The number of carbonyl (C=O) groups excluding carboxylic acids is 1. The van der Waals surface area contributed by atoms with Gasteiger partial charge in [0.05, 0.1) is 5.92 Å². The van der Waals surface area contributed by atoms with Gasteiger partial charge in [0.25, 0.3) is 0 Å². The van der Waals surface area contributed by atoms with Crippen molar-refractivity contribution in [1.82, 2.24) is 10.2 Å². The van der Waals surface area contributed by atoms with Gasteiger partial charge in [-0.05, 0) is 31.2 Å². The maximum absolute atomic E-state index is 12.1. The molecule has 1 aliphatic heterocycles. The minimum atomic E-state index is 0.158. The molecule has 2 N–H and O–H groups in total. The van der Waals surface area contributed by atoms with Crippen molar-refractivity contribution < 1.29 is 9.90 Å².